The number of hydrogen-bond acceptors (Lipinski definition) is 2. The third-order valence-corrected chi connectivity index (χ3v) is 2.79. The van der Waals surface area contributed by atoms with E-state index in [1.807, 2.05) is 6.08 Å². The molecule has 60 valence electrons. The molecule has 1 spiro atoms. The van der Waals surface area contributed by atoms with E-state index in [4.69, 9.17) is 0 Å². The first-order valence-electron chi connectivity index (χ1n) is 4.25. The fourth-order valence-corrected chi connectivity index (χ4v) is 2.01. The minimum absolute atomic E-state index is 0.0503. The van der Waals surface area contributed by atoms with Crippen LogP contribution in [0.15, 0.2) is 12.2 Å². The molecule has 1 saturated heterocycles. The Morgan fingerprint density at radius 1 is 1.36 bits per heavy atom. The summed E-state index contributed by atoms with van der Waals surface area (Å²) >= 11 is 0. The molecule has 2 heteroatoms. The molecule has 1 fully saturated rings. The van der Waals surface area contributed by atoms with Crippen molar-refractivity contribution in [2.45, 2.75) is 19.3 Å². The third kappa shape index (κ3) is 1.02. The largest absolute Gasteiger partial charge is 0.317 e. The fraction of sp³-hybridized carbons (Fsp3) is 0.667. The van der Waals surface area contributed by atoms with E-state index in [9.17, 15) is 4.79 Å². The minimum atomic E-state index is -0.0503. The van der Waals surface area contributed by atoms with Gasteiger partial charge in [0.25, 0.3) is 0 Å². The van der Waals surface area contributed by atoms with Gasteiger partial charge in [-0.1, -0.05) is 12.2 Å². The molecule has 1 N–H and O–H groups in total. The Labute approximate surface area is 66.7 Å². The van der Waals surface area contributed by atoms with E-state index in [0.717, 1.165) is 25.9 Å². The number of nitrogens with one attached hydrogen (secondary N) is 1. The zero-order valence-corrected chi connectivity index (χ0v) is 6.60. The van der Waals surface area contributed by atoms with Gasteiger partial charge in [0.2, 0.25) is 0 Å². The second-order valence-electron chi connectivity index (χ2n) is 3.44. The maximum absolute atomic E-state index is 11.5. The SMILES string of the molecule is O=C1CC=CC12CCNCC2. The molecule has 0 saturated carbocycles. The summed E-state index contributed by atoms with van der Waals surface area (Å²) in [6, 6.07) is 0. The van der Waals surface area contributed by atoms with Gasteiger partial charge in [0, 0.05) is 11.8 Å². The van der Waals surface area contributed by atoms with Crippen molar-refractivity contribution in [2.75, 3.05) is 13.1 Å². The predicted molar refractivity (Wildman–Crippen MR) is 43.3 cm³/mol. The van der Waals surface area contributed by atoms with Crippen molar-refractivity contribution in [3.63, 3.8) is 0 Å². The van der Waals surface area contributed by atoms with Gasteiger partial charge in [-0.2, -0.15) is 0 Å². The molecule has 0 aromatic carbocycles. The summed E-state index contributed by atoms with van der Waals surface area (Å²) in [6.07, 6.45) is 6.81. The summed E-state index contributed by atoms with van der Waals surface area (Å²) in [5, 5.41) is 3.27. The van der Waals surface area contributed by atoms with Crippen molar-refractivity contribution in [3.8, 4) is 0 Å². The standard InChI is InChI=1S/C9H13NO/c11-8-2-1-3-9(8)4-6-10-7-5-9/h1,3,10H,2,4-7H2. The molecule has 0 aromatic rings. The van der Waals surface area contributed by atoms with Crippen LogP contribution < -0.4 is 5.32 Å². The van der Waals surface area contributed by atoms with E-state index in [1.54, 1.807) is 0 Å². The molecule has 0 radical (unpaired) electrons. The normalized spacial score (nSPS) is 28.2. The van der Waals surface area contributed by atoms with Crippen molar-refractivity contribution < 1.29 is 4.79 Å². The van der Waals surface area contributed by atoms with Crippen molar-refractivity contribution >= 4 is 5.78 Å². The van der Waals surface area contributed by atoms with Crippen LogP contribution in [0.1, 0.15) is 19.3 Å². The molecular formula is C9H13NO. The van der Waals surface area contributed by atoms with Crippen LogP contribution in [0, 0.1) is 5.41 Å². The number of ketones is 1. The van der Waals surface area contributed by atoms with Crippen molar-refractivity contribution in [1.82, 2.24) is 5.32 Å². The molecule has 2 rings (SSSR count). The summed E-state index contributed by atoms with van der Waals surface area (Å²) < 4.78 is 0. The molecule has 1 heterocycles. The maximum Gasteiger partial charge on any atom is 0.146 e. The molecule has 1 aliphatic carbocycles. The van der Waals surface area contributed by atoms with Crippen LogP contribution in [0.3, 0.4) is 0 Å². The zero-order chi connectivity index (χ0) is 7.73. The van der Waals surface area contributed by atoms with Gasteiger partial charge in [0.15, 0.2) is 0 Å². The second-order valence-corrected chi connectivity index (χ2v) is 3.44. The second kappa shape index (κ2) is 2.45. The minimum Gasteiger partial charge on any atom is -0.317 e. The lowest BCUT2D eigenvalue weighted by atomic mass is 9.78. The van der Waals surface area contributed by atoms with Crippen molar-refractivity contribution in [2.24, 2.45) is 5.41 Å². The van der Waals surface area contributed by atoms with Gasteiger partial charge in [0.1, 0.15) is 5.78 Å². The highest BCUT2D eigenvalue weighted by Crippen LogP contribution is 2.36. The number of allylic oxidation sites excluding steroid dienone is 2. The average Bonchev–Trinajstić information content (AvgIpc) is 2.36. The first kappa shape index (κ1) is 7.04. The van der Waals surface area contributed by atoms with Crippen LogP contribution in [0.5, 0.6) is 0 Å². The number of hydrogen-bond donors (Lipinski definition) is 1. The van der Waals surface area contributed by atoms with Gasteiger partial charge in [-0.15, -0.1) is 0 Å². The highest BCUT2D eigenvalue weighted by atomic mass is 16.1. The van der Waals surface area contributed by atoms with E-state index < -0.39 is 0 Å². The van der Waals surface area contributed by atoms with Crippen molar-refractivity contribution in [1.29, 1.82) is 0 Å². The van der Waals surface area contributed by atoms with Gasteiger partial charge < -0.3 is 5.32 Å². The average molecular weight is 151 g/mol. The third-order valence-electron chi connectivity index (χ3n) is 2.79. The quantitative estimate of drug-likeness (QED) is 0.521. The molecule has 11 heavy (non-hydrogen) atoms. The van der Waals surface area contributed by atoms with Crippen LogP contribution in [-0.4, -0.2) is 18.9 Å². The Balaban J connectivity index is 2.18. The van der Waals surface area contributed by atoms with Crippen LogP contribution in [0.2, 0.25) is 0 Å². The van der Waals surface area contributed by atoms with Gasteiger partial charge in [-0.25, -0.2) is 0 Å². The Kier molecular flexibility index (Phi) is 1.57. The molecule has 0 bridgehead atoms. The smallest absolute Gasteiger partial charge is 0.146 e. The van der Waals surface area contributed by atoms with Gasteiger partial charge in [-0.05, 0) is 25.9 Å². The number of Topliss-reactive ketones (excluding diaryl/α,β-unsaturated/α-hetero) is 1. The zero-order valence-electron chi connectivity index (χ0n) is 6.60. The van der Waals surface area contributed by atoms with Gasteiger partial charge in [-0.3, -0.25) is 4.79 Å². The number of carbonyl (C=O) groups is 1. The van der Waals surface area contributed by atoms with E-state index >= 15 is 0 Å². The molecule has 2 nitrogen and oxygen atoms in total. The topological polar surface area (TPSA) is 29.1 Å². The number of piperidine rings is 1. The molecule has 2 aliphatic rings. The predicted octanol–water partition coefficient (Wildman–Crippen LogP) is 0.885. The highest BCUT2D eigenvalue weighted by Gasteiger charge is 2.38. The van der Waals surface area contributed by atoms with Crippen LogP contribution >= 0.6 is 0 Å². The van der Waals surface area contributed by atoms with Gasteiger partial charge >= 0.3 is 0 Å². The fourth-order valence-electron chi connectivity index (χ4n) is 2.01. The molecular weight excluding hydrogens is 138 g/mol. The first-order valence-corrected chi connectivity index (χ1v) is 4.25. The highest BCUT2D eigenvalue weighted by molar-refractivity contribution is 5.90. The van der Waals surface area contributed by atoms with E-state index in [-0.39, 0.29) is 5.41 Å². The number of carbonyl (C=O) groups excluding carboxylic acids is 1. The van der Waals surface area contributed by atoms with E-state index in [2.05, 4.69) is 11.4 Å². The Morgan fingerprint density at radius 2 is 2.09 bits per heavy atom. The van der Waals surface area contributed by atoms with Crippen LogP contribution in [0.4, 0.5) is 0 Å². The van der Waals surface area contributed by atoms with Crippen LogP contribution in [0.25, 0.3) is 0 Å². The Morgan fingerprint density at radius 3 is 2.64 bits per heavy atom. The van der Waals surface area contributed by atoms with E-state index in [0.29, 0.717) is 12.2 Å². The first-order chi connectivity index (χ1) is 5.33. The molecule has 0 unspecified atom stereocenters. The summed E-state index contributed by atoms with van der Waals surface area (Å²) in [7, 11) is 0. The summed E-state index contributed by atoms with van der Waals surface area (Å²) in [4.78, 5) is 11.5. The molecule has 0 amide bonds. The lowest BCUT2D eigenvalue weighted by molar-refractivity contribution is -0.125. The summed E-state index contributed by atoms with van der Waals surface area (Å²) in [6.45, 7) is 1.99. The Bertz CT molecular complexity index is 202. The number of rotatable bonds is 0. The molecule has 0 atom stereocenters. The summed E-state index contributed by atoms with van der Waals surface area (Å²) in [5.41, 5.74) is -0.0503. The summed E-state index contributed by atoms with van der Waals surface area (Å²) in [5.74, 6) is 0.430. The lowest BCUT2D eigenvalue weighted by Gasteiger charge is -2.30. The monoisotopic (exact) mass is 151 g/mol. The van der Waals surface area contributed by atoms with Crippen molar-refractivity contribution in [3.05, 3.63) is 12.2 Å². The van der Waals surface area contributed by atoms with E-state index in [1.165, 1.54) is 0 Å². The maximum atomic E-state index is 11.5. The molecule has 1 aliphatic heterocycles. The molecule has 0 aromatic heterocycles. The van der Waals surface area contributed by atoms with Crippen LogP contribution in [-0.2, 0) is 4.79 Å². The Hall–Kier alpha value is -0.630. The lowest BCUT2D eigenvalue weighted by Crippen LogP contribution is -2.38. The van der Waals surface area contributed by atoms with Gasteiger partial charge in [0.05, 0.1) is 0 Å².